The molecule has 3 rings (SSSR count). The number of hydrogen-bond donors (Lipinski definition) is 2. The molecule has 21 heavy (non-hydrogen) atoms. The molecule has 2 heterocycles. The first-order valence-corrected chi connectivity index (χ1v) is 8.87. The third-order valence-corrected chi connectivity index (χ3v) is 5.54. The largest absolute Gasteiger partial charge is 0.373 e. The lowest BCUT2D eigenvalue weighted by molar-refractivity contribution is 0.0992. The molecule has 4 nitrogen and oxygen atoms in total. The molecule has 5 atom stereocenters. The van der Waals surface area contributed by atoms with Crippen molar-refractivity contribution in [1.82, 2.24) is 10.6 Å². The number of nitrogens with one attached hydrogen (secondary N) is 2. The molecule has 3 fully saturated rings. The molecule has 0 radical (unpaired) electrons. The highest BCUT2D eigenvalue weighted by atomic mass is 16.5. The average molecular weight is 293 g/mol. The Balaban J connectivity index is 1.37. The Kier molecular flexibility index (Phi) is 5.04. The van der Waals surface area contributed by atoms with E-state index in [1.165, 1.54) is 44.9 Å². The highest BCUT2D eigenvalue weighted by Gasteiger charge is 2.41. The van der Waals surface area contributed by atoms with Gasteiger partial charge in [0.05, 0.1) is 18.2 Å². The lowest BCUT2D eigenvalue weighted by Gasteiger charge is -2.27. The molecule has 3 aliphatic rings. The smallest absolute Gasteiger partial charge is 0.191 e. The number of guanidine groups is 1. The van der Waals surface area contributed by atoms with Crippen molar-refractivity contribution in [2.75, 3.05) is 13.6 Å². The number of nitrogens with zero attached hydrogens (tertiary/aromatic N) is 1. The zero-order chi connectivity index (χ0) is 14.7. The molecule has 1 saturated carbocycles. The van der Waals surface area contributed by atoms with Gasteiger partial charge < -0.3 is 15.4 Å². The van der Waals surface area contributed by atoms with E-state index < -0.39 is 0 Å². The minimum Gasteiger partial charge on any atom is -0.373 e. The molecule has 2 aliphatic heterocycles. The minimum absolute atomic E-state index is 0.410. The van der Waals surface area contributed by atoms with Crippen LogP contribution in [-0.2, 0) is 4.74 Å². The molecule has 0 aromatic carbocycles. The fourth-order valence-corrected chi connectivity index (χ4v) is 4.38. The highest BCUT2D eigenvalue weighted by Crippen LogP contribution is 2.34. The molecule has 0 aromatic rings. The predicted octanol–water partition coefficient (Wildman–Crippen LogP) is 2.69. The number of hydrogen-bond acceptors (Lipinski definition) is 2. The lowest BCUT2D eigenvalue weighted by Crippen LogP contribution is -2.47. The molecular formula is C17H31N3O. The second-order valence-corrected chi connectivity index (χ2v) is 7.29. The zero-order valence-corrected chi connectivity index (χ0v) is 13.6. The Morgan fingerprint density at radius 3 is 2.76 bits per heavy atom. The van der Waals surface area contributed by atoms with Crippen LogP contribution in [0.4, 0.5) is 0 Å². The van der Waals surface area contributed by atoms with Crippen LogP contribution in [0.1, 0.15) is 58.3 Å². The molecule has 1 aliphatic carbocycles. The predicted molar refractivity (Wildman–Crippen MR) is 86.5 cm³/mol. The Bertz CT molecular complexity index is 371. The summed E-state index contributed by atoms with van der Waals surface area (Å²) < 4.78 is 5.90. The Hall–Kier alpha value is -0.770. The maximum Gasteiger partial charge on any atom is 0.191 e. The van der Waals surface area contributed by atoms with Gasteiger partial charge in [-0.2, -0.15) is 0 Å². The Morgan fingerprint density at radius 1 is 1.19 bits per heavy atom. The summed E-state index contributed by atoms with van der Waals surface area (Å²) >= 11 is 0. The summed E-state index contributed by atoms with van der Waals surface area (Å²) in [4.78, 5) is 4.37. The van der Waals surface area contributed by atoms with Crippen molar-refractivity contribution in [1.29, 1.82) is 0 Å². The first-order chi connectivity index (χ1) is 10.2. The van der Waals surface area contributed by atoms with Gasteiger partial charge in [-0.3, -0.25) is 4.99 Å². The Morgan fingerprint density at radius 2 is 2.10 bits per heavy atom. The fraction of sp³-hybridized carbons (Fsp3) is 0.941. The lowest BCUT2D eigenvalue weighted by atomic mass is 9.81. The SMILES string of the molecule is CN=C(NCCC1CCCC(C)C1)NC1CC2CCC1O2. The van der Waals surface area contributed by atoms with E-state index in [0.29, 0.717) is 18.2 Å². The van der Waals surface area contributed by atoms with E-state index in [1.807, 2.05) is 7.05 Å². The van der Waals surface area contributed by atoms with Crippen LogP contribution in [0.5, 0.6) is 0 Å². The molecule has 120 valence electrons. The summed E-state index contributed by atoms with van der Waals surface area (Å²) in [7, 11) is 1.87. The van der Waals surface area contributed by atoms with Crippen LogP contribution in [0.3, 0.4) is 0 Å². The van der Waals surface area contributed by atoms with Crippen LogP contribution in [0.25, 0.3) is 0 Å². The number of fused-ring (bicyclic) bond motifs is 2. The molecule has 0 spiro atoms. The third kappa shape index (κ3) is 3.91. The van der Waals surface area contributed by atoms with Crippen LogP contribution in [0.15, 0.2) is 4.99 Å². The van der Waals surface area contributed by atoms with Gasteiger partial charge in [-0.25, -0.2) is 0 Å². The van der Waals surface area contributed by atoms with Crippen LogP contribution in [0, 0.1) is 11.8 Å². The highest BCUT2D eigenvalue weighted by molar-refractivity contribution is 5.80. The summed E-state index contributed by atoms with van der Waals surface area (Å²) in [6, 6.07) is 0.463. The first-order valence-electron chi connectivity index (χ1n) is 8.87. The minimum atomic E-state index is 0.410. The maximum atomic E-state index is 5.90. The van der Waals surface area contributed by atoms with Crippen molar-refractivity contribution < 1.29 is 4.74 Å². The molecule has 2 N–H and O–H groups in total. The van der Waals surface area contributed by atoms with Gasteiger partial charge in [0.1, 0.15) is 0 Å². The van der Waals surface area contributed by atoms with E-state index in [-0.39, 0.29) is 0 Å². The molecule has 5 unspecified atom stereocenters. The van der Waals surface area contributed by atoms with Crippen molar-refractivity contribution in [2.24, 2.45) is 16.8 Å². The van der Waals surface area contributed by atoms with Gasteiger partial charge >= 0.3 is 0 Å². The number of aliphatic imine (C=N–C) groups is 1. The van der Waals surface area contributed by atoms with Gasteiger partial charge in [0.25, 0.3) is 0 Å². The van der Waals surface area contributed by atoms with E-state index in [2.05, 4.69) is 22.5 Å². The summed E-state index contributed by atoms with van der Waals surface area (Å²) in [5.74, 6) is 2.79. The quantitative estimate of drug-likeness (QED) is 0.619. The van der Waals surface area contributed by atoms with Crippen LogP contribution >= 0.6 is 0 Å². The van der Waals surface area contributed by atoms with Gasteiger partial charge in [0.2, 0.25) is 0 Å². The third-order valence-electron chi connectivity index (χ3n) is 5.54. The molecule has 4 heteroatoms. The summed E-state index contributed by atoms with van der Waals surface area (Å²) in [6.07, 6.45) is 11.4. The molecule has 2 bridgehead atoms. The maximum absolute atomic E-state index is 5.90. The van der Waals surface area contributed by atoms with E-state index in [1.54, 1.807) is 0 Å². The average Bonchev–Trinajstić information content (AvgIpc) is 3.09. The van der Waals surface area contributed by atoms with Crippen molar-refractivity contribution in [3.63, 3.8) is 0 Å². The Labute approximate surface area is 129 Å². The second-order valence-electron chi connectivity index (χ2n) is 7.29. The van der Waals surface area contributed by atoms with E-state index in [9.17, 15) is 0 Å². The van der Waals surface area contributed by atoms with Crippen LogP contribution in [0.2, 0.25) is 0 Å². The zero-order valence-electron chi connectivity index (χ0n) is 13.6. The summed E-state index contributed by atoms with van der Waals surface area (Å²) in [6.45, 7) is 3.44. The van der Waals surface area contributed by atoms with Crippen molar-refractivity contribution in [3.05, 3.63) is 0 Å². The normalized spacial score (nSPS) is 39.5. The summed E-state index contributed by atoms with van der Waals surface area (Å²) in [5, 5.41) is 7.06. The molecule has 0 aromatic heterocycles. The number of rotatable bonds is 4. The van der Waals surface area contributed by atoms with Gasteiger partial charge in [0, 0.05) is 13.6 Å². The van der Waals surface area contributed by atoms with Gasteiger partial charge in [-0.1, -0.05) is 26.2 Å². The van der Waals surface area contributed by atoms with Crippen molar-refractivity contribution in [3.8, 4) is 0 Å². The van der Waals surface area contributed by atoms with E-state index in [0.717, 1.165) is 30.8 Å². The molecule has 0 amide bonds. The first kappa shape index (κ1) is 15.1. The van der Waals surface area contributed by atoms with Crippen molar-refractivity contribution in [2.45, 2.75) is 76.5 Å². The fourth-order valence-electron chi connectivity index (χ4n) is 4.38. The monoisotopic (exact) mass is 293 g/mol. The van der Waals surface area contributed by atoms with Crippen LogP contribution in [-0.4, -0.2) is 37.8 Å². The van der Waals surface area contributed by atoms with Crippen LogP contribution < -0.4 is 10.6 Å². The van der Waals surface area contributed by atoms with Gasteiger partial charge in [0.15, 0.2) is 5.96 Å². The summed E-state index contributed by atoms with van der Waals surface area (Å²) in [5.41, 5.74) is 0. The van der Waals surface area contributed by atoms with E-state index in [4.69, 9.17) is 4.74 Å². The van der Waals surface area contributed by atoms with E-state index >= 15 is 0 Å². The molecule has 2 saturated heterocycles. The number of ether oxygens (including phenoxy) is 1. The standard InChI is InChI=1S/C17H31N3O/c1-12-4-3-5-13(10-12)8-9-19-17(18-2)20-15-11-14-6-7-16(15)21-14/h12-16H,3-11H2,1-2H3,(H2,18,19,20). The topological polar surface area (TPSA) is 45.7 Å². The van der Waals surface area contributed by atoms with Gasteiger partial charge in [-0.05, 0) is 43.9 Å². The molecular weight excluding hydrogens is 262 g/mol. The second kappa shape index (κ2) is 6.99. The van der Waals surface area contributed by atoms with Crippen molar-refractivity contribution >= 4 is 5.96 Å². The van der Waals surface area contributed by atoms with Gasteiger partial charge in [-0.15, -0.1) is 0 Å².